The highest BCUT2D eigenvalue weighted by atomic mass is 19.4. The molecule has 14 heteroatoms. The van der Waals surface area contributed by atoms with Crippen LogP contribution in [0, 0.1) is 17.2 Å². The maximum absolute atomic E-state index is 13.0. The Kier molecular flexibility index (Phi) is 6.12. The molecule has 1 aliphatic rings. The fourth-order valence-electron chi connectivity index (χ4n) is 3.22. The van der Waals surface area contributed by atoms with Crippen LogP contribution in [-0.4, -0.2) is 35.9 Å². The van der Waals surface area contributed by atoms with Crippen molar-refractivity contribution in [1.29, 1.82) is 5.26 Å². The predicted octanol–water partition coefficient (Wildman–Crippen LogP) is 4.90. The summed E-state index contributed by atoms with van der Waals surface area (Å²) in [6, 6.07) is 6.15. The molecule has 0 radical (unpaired) electrons. The number of alkyl halides is 6. The number of anilines is 2. The van der Waals surface area contributed by atoms with E-state index in [0.29, 0.717) is 24.2 Å². The number of hydrogen-bond donors (Lipinski definition) is 1. The van der Waals surface area contributed by atoms with Crippen LogP contribution < -0.4 is 5.32 Å². The van der Waals surface area contributed by atoms with E-state index in [1.807, 2.05) is 0 Å². The quantitative estimate of drug-likeness (QED) is 0.464. The molecule has 8 nitrogen and oxygen atoms in total. The van der Waals surface area contributed by atoms with Gasteiger partial charge in [0.15, 0.2) is 5.69 Å². The van der Waals surface area contributed by atoms with Gasteiger partial charge in [0.2, 0.25) is 5.95 Å². The Morgan fingerprint density at radius 2 is 1.89 bits per heavy atom. The molecule has 3 heterocycles. The Morgan fingerprint density at radius 3 is 2.49 bits per heavy atom. The minimum absolute atomic E-state index is 0.0531. The number of nitriles is 1. The van der Waals surface area contributed by atoms with Gasteiger partial charge in [-0.15, -0.1) is 0 Å². The molecule has 0 bridgehead atoms. The van der Waals surface area contributed by atoms with Crippen LogP contribution >= 0.6 is 0 Å². The average molecular weight is 496 g/mol. The summed E-state index contributed by atoms with van der Waals surface area (Å²) >= 11 is 0. The summed E-state index contributed by atoms with van der Waals surface area (Å²) in [5, 5.41) is 15.7. The molecule has 35 heavy (non-hydrogen) atoms. The second kappa shape index (κ2) is 8.79. The van der Waals surface area contributed by atoms with Crippen molar-refractivity contribution in [1.82, 2.24) is 29.7 Å². The van der Waals surface area contributed by atoms with Gasteiger partial charge in [0.1, 0.15) is 5.82 Å². The second-order valence-electron chi connectivity index (χ2n) is 8.25. The van der Waals surface area contributed by atoms with E-state index in [1.54, 1.807) is 12.1 Å². The normalized spacial score (nSPS) is 15.9. The molecule has 1 fully saturated rings. The molecule has 3 aromatic rings. The van der Waals surface area contributed by atoms with Crippen LogP contribution in [0.5, 0.6) is 0 Å². The summed E-state index contributed by atoms with van der Waals surface area (Å²) in [6.45, 7) is 1.02. The van der Waals surface area contributed by atoms with Gasteiger partial charge in [0.05, 0.1) is 23.1 Å². The minimum atomic E-state index is -4.70. The molecule has 184 valence electrons. The Morgan fingerprint density at radius 1 is 1.14 bits per heavy atom. The van der Waals surface area contributed by atoms with E-state index in [0.717, 1.165) is 23.9 Å². The standard InChI is InChI=1S/C21H18F6N8/c1-12(20(22,23)24)2-3-16-31-17(30-13-4-8-29-15(10-13)19(11-28)6-7-19)33-18(32-16)35-9-5-14(34-35)21(25,26)27/h4-5,8-10,12H,2-3,6-7H2,1H3,(H,29,30,31,32,33)/t12-/m0/s1. The minimum Gasteiger partial charge on any atom is -0.324 e. The molecule has 3 aromatic heterocycles. The second-order valence-corrected chi connectivity index (χ2v) is 8.25. The molecule has 1 saturated carbocycles. The third-order valence-electron chi connectivity index (χ3n) is 5.58. The molecular formula is C21H18F6N8. The SMILES string of the molecule is C[C@@H](CCc1nc(Nc2ccnc(C3(C#N)CC3)c2)nc(-n2ccc(C(F)(F)F)n2)n1)C(F)(F)F. The third-order valence-corrected chi connectivity index (χ3v) is 5.58. The molecule has 1 aliphatic carbocycles. The number of nitrogens with one attached hydrogen (secondary N) is 1. The molecule has 0 unspecified atom stereocenters. The highest BCUT2D eigenvalue weighted by Crippen LogP contribution is 2.47. The Balaban J connectivity index is 1.65. The smallest absolute Gasteiger partial charge is 0.324 e. The first-order chi connectivity index (χ1) is 16.4. The lowest BCUT2D eigenvalue weighted by atomic mass is 10.0. The fraction of sp³-hybridized carbons (Fsp3) is 0.429. The first-order valence-corrected chi connectivity index (χ1v) is 10.5. The fourth-order valence-corrected chi connectivity index (χ4v) is 3.22. The summed E-state index contributed by atoms with van der Waals surface area (Å²) in [5.74, 6) is -2.09. The highest BCUT2D eigenvalue weighted by Gasteiger charge is 2.46. The van der Waals surface area contributed by atoms with Crippen molar-refractivity contribution in [3.63, 3.8) is 0 Å². The van der Waals surface area contributed by atoms with Gasteiger partial charge >= 0.3 is 12.4 Å². The van der Waals surface area contributed by atoms with Gasteiger partial charge in [0.25, 0.3) is 5.95 Å². The number of nitrogens with zero attached hydrogens (tertiary/aromatic N) is 7. The summed E-state index contributed by atoms with van der Waals surface area (Å²) in [7, 11) is 0. The van der Waals surface area contributed by atoms with E-state index in [1.165, 1.54) is 6.20 Å². The van der Waals surface area contributed by atoms with E-state index < -0.39 is 29.4 Å². The number of aromatic nitrogens is 6. The van der Waals surface area contributed by atoms with E-state index in [2.05, 4.69) is 36.4 Å². The zero-order valence-electron chi connectivity index (χ0n) is 18.2. The lowest BCUT2D eigenvalue weighted by molar-refractivity contribution is -0.171. The molecule has 0 aromatic carbocycles. The summed E-state index contributed by atoms with van der Waals surface area (Å²) < 4.78 is 78.5. The largest absolute Gasteiger partial charge is 0.435 e. The van der Waals surface area contributed by atoms with Crippen molar-refractivity contribution in [2.75, 3.05) is 5.32 Å². The van der Waals surface area contributed by atoms with Gasteiger partial charge in [-0.25, -0.2) is 4.68 Å². The third kappa shape index (κ3) is 5.50. The first-order valence-electron chi connectivity index (χ1n) is 10.5. The Labute approximate surface area is 195 Å². The van der Waals surface area contributed by atoms with Crippen LogP contribution in [0.1, 0.15) is 43.4 Å². The molecule has 0 amide bonds. The topological polar surface area (TPSA) is 105 Å². The molecule has 0 saturated heterocycles. The number of aryl methyl sites for hydroxylation is 1. The molecule has 0 aliphatic heterocycles. The van der Waals surface area contributed by atoms with E-state index >= 15 is 0 Å². The summed E-state index contributed by atoms with van der Waals surface area (Å²) in [6.07, 6.45) is -5.83. The molecule has 4 rings (SSSR count). The summed E-state index contributed by atoms with van der Waals surface area (Å²) in [5.41, 5.74) is -0.853. The van der Waals surface area contributed by atoms with Crippen LogP contribution in [0.25, 0.3) is 5.95 Å². The van der Waals surface area contributed by atoms with Crippen molar-refractivity contribution in [3.8, 4) is 12.0 Å². The van der Waals surface area contributed by atoms with Crippen LogP contribution in [0.2, 0.25) is 0 Å². The van der Waals surface area contributed by atoms with Gasteiger partial charge in [-0.1, -0.05) is 6.92 Å². The van der Waals surface area contributed by atoms with Gasteiger partial charge in [-0.3, -0.25) is 4.98 Å². The van der Waals surface area contributed by atoms with Crippen LogP contribution in [0.15, 0.2) is 30.6 Å². The Bertz CT molecular complexity index is 1260. The zero-order valence-corrected chi connectivity index (χ0v) is 18.2. The van der Waals surface area contributed by atoms with Crippen molar-refractivity contribution in [3.05, 3.63) is 47.8 Å². The Hall–Kier alpha value is -3.76. The first kappa shape index (κ1) is 24.4. The average Bonchev–Trinajstić information content (AvgIpc) is 3.42. The maximum atomic E-state index is 13.0. The van der Waals surface area contributed by atoms with Gasteiger partial charge < -0.3 is 5.32 Å². The number of pyridine rings is 1. The monoisotopic (exact) mass is 496 g/mol. The highest BCUT2D eigenvalue weighted by molar-refractivity contribution is 5.55. The van der Waals surface area contributed by atoms with Gasteiger partial charge in [0, 0.05) is 24.5 Å². The summed E-state index contributed by atoms with van der Waals surface area (Å²) in [4.78, 5) is 16.5. The lowest BCUT2D eigenvalue weighted by Crippen LogP contribution is -2.21. The predicted molar refractivity (Wildman–Crippen MR) is 110 cm³/mol. The van der Waals surface area contributed by atoms with E-state index in [4.69, 9.17) is 0 Å². The molecule has 1 atom stereocenters. The number of hydrogen-bond acceptors (Lipinski definition) is 7. The molecule has 0 spiro atoms. The van der Waals surface area contributed by atoms with E-state index in [9.17, 15) is 31.6 Å². The lowest BCUT2D eigenvalue weighted by Gasteiger charge is -2.15. The number of halogens is 6. The van der Waals surface area contributed by atoms with Gasteiger partial charge in [-0.2, -0.15) is 51.7 Å². The van der Waals surface area contributed by atoms with Crippen molar-refractivity contribution >= 4 is 11.6 Å². The zero-order chi connectivity index (χ0) is 25.4. The van der Waals surface area contributed by atoms with Crippen molar-refractivity contribution < 1.29 is 26.3 Å². The van der Waals surface area contributed by atoms with Crippen molar-refractivity contribution in [2.24, 2.45) is 5.92 Å². The van der Waals surface area contributed by atoms with Crippen LogP contribution in [0.3, 0.4) is 0 Å². The van der Waals surface area contributed by atoms with Crippen LogP contribution in [-0.2, 0) is 18.0 Å². The molecule has 1 N–H and O–H groups in total. The maximum Gasteiger partial charge on any atom is 0.435 e. The molecular weight excluding hydrogens is 478 g/mol. The number of rotatable bonds is 7. The van der Waals surface area contributed by atoms with Crippen molar-refractivity contribution in [2.45, 2.75) is 50.4 Å². The van der Waals surface area contributed by atoms with E-state index in [-0.39, 0.29) is 30.6 Å². The van der Waals surface area contributed by atoms with Gasteiger partial charge in [-0.05, 0) is 37.5 Å². The van der Waals surface area contributed by atoms with Crippen LogP contribution in [0.4, 0.5) is 38.0 Å².